The van der Waals surface area contributed by atoms with Gasteiger partial charge in [-0.25, -0.2) is 0 Å². The van der Waals surface area contributed by atoms with E-state index in [0.29, 0.717) is 24.8 Å². The summed E-state index contributed by atoms with van der Waals surface area (Å²) in [5.41, 5.74) is 4.64. The van der Waals surface area contributed by atoms with Gasteiger partial charge in [0.15, 0.2) is 0 Å². The second kappa shape index (κ2) is 6.13. The SMILES string of the molecule is Cc1ccc(C)c2c1N(Cc1ccccc1Cl)C(=O)C21OCCCO1. The smallest absolute Gasteiger partial charge is 0.292 e. The third kappa shape index (κ3) is 2.48. The molecule has 2 heterocycles. The lowest BCUT2D eigenvalue weighted by Gasteiger charge is -2.33. The number of fused-ring (bicyclic) bond motifs is 2. The highest BCUT2D eigenvalue weighted by Crippen LogP contribution is 2.49. The molecular formula is C20H20ClNO3. The number of anilines is 1. The standard InChI is InChI=1S/C20H20ClNO3/c1-13-8-9-14(2)18-17(13)20(24-10-5-11-25-20)19(23)22(18)12-15-6-3-4-7-16(15)21/h3-4,6-9H,5,10-12H2,1-2H3. The van der Waals surface area contributed by atoms with Gasteiger partial charge in [-0.1, -0.05) is 41.9 Å². The Morgan fingerprint density at radius 1 is 1.08 bits per heavy atom. The number of halogens is 1. The van der Waals surface area contributed by atoms with E-state index in [1.54, 1.807) is 4.90 Å². The Labute approximate surface area is 152 Å². The molecule has 0 saturated carbocycles. The van der Waals surface area contributed by atoms with Gasteiger partial charge >= 0.3 is 0 Å². The van der Waals surface area contributed by atoms with Crippen LogP contribution in [0.5, 0.6) is 0 Å². The number of carbonyl (C=O) groups is 1. The number of nitrogens with zero attached hydrogens (tertiary/aromatic N) is 1. The summed E-state index contributed by atoms with van der Waals surface area (Å²) in [4.78, 5) is 15.1. The Kier molecular flexibility index (Phi) is 4.07. The molecule has 2 aliphatic heterocycles. The average Bonchev–Trinajstić information content (AvgIpc) is 2.85. The van der Waals surface area contributed by atoms with Crippen LogP contribution in [-0.4, -0.2) is 19.1 Å². The summed E-state index contributed by atoms with van der Waals surface area (Å²) in [5, 5.41) is 0.647. The van der Waals surface area contributed by atoms with Crippen molar-refractivity contribution in [3.05, 3.63) is 63.7 Å². The van der Waals surface area contributed by atoms with Gasteiger partial charge < -0.3 is 14.4 Å². The molecule has 1 fully saturated rings. The third-order valence-corrected chi connectivity index (χ3v) is 5.27. The lowest BCUT2D eigenvalue weighted by molar-refractivity contribution is -0.257. The first-order valence-corrected chi connectivity index (χ1v) is 8.86. The Morgan fingerprint density at radius 3 is 2.48 bits per heavy atom. The van der Waals surface area contributed by atoms with Crippen molar-refractivity contribution in [2.45, 2.75) is 32.6 Å². The molecule has 130 valence electrons. The Hall–Kier alpha value is -1.88. The van der Waals surface area contributed by atoms with E-state index in [-0.39, 0.29) is 5.91 Å². The molecule has 4 nitrogen and oxygen atoms in total. The van der Waals surface area contributed by atoms with Crippen LogP contribution in [0.2, 0.25) is 5.02 Å². The van der Waals surface area contributed by atoms with Crippen LogP contribution < -0.4 is 4.90 Å². The van der Waals surface area contributed by atoms with Gasteiger partial charge in [0, 0.05) is 10.6 Å². The maximum Gasteiger partial charge on any atom is 0.292 e. The zero-order chi connectivity index (χ0) is 17.6. The van der Waals surface area contributed by atoms with Gasteiger partial charge in [-0.05, 0) is 43.0 Å². The van der Waals surface area contributed by atoms with E-state index >= 15 is 0 Å². The Balaban J connectivity index is 1.86. The summed E-state index contributed by atoms with van der Waals surface area (Å²) in [6.07, 6.45) is 0.791. The highest BCUT2D eigenvalue weighted by Gasteiger charge is 2.56. The van der Waals surface area contributed by atoms with E-state index in [1.165, 1.54) is 0 Å². The number of carbonyl (C=O) groups excluding carboxylic acids is 1. The van der Waals surface area contributed by atoms with Crippen LogP contribution in [0, 0.1) is 13.8 Å². The molecule has 0 atom stereocenters. The molecule has 0 aliphatic carbocycles. The zero-order valence-electron chi connectivity index (χ0n) is 14.3. The molecule has 2 aromatic rings. The van der Waals surface area contributed by atoms with Crippen LogP contribution in [0.3, 0.4) is 0 Å². The summed E-state index contributed by atoms with van der Waals surface area (Å²) in [5.74, 6) is -1.48. The number of rotatable bonds is 2. The van der Waals surface area contributed by atoms with Crippen LogP contribution >= 0.6 is 11.6 Å². The predicted octanol–water partition coefficient (Wildman–Crippen LogP) is 4.09. The van der Waals surface area contributed by atoms with Gasteiger partial charge in [0.2, 0.25) is 0 Å². The number of hydrogen-bond acceptors (Lipinski definition) is 3. The molecule has 1 amide bonds. The minimum atomic E-state index is -1.31. The monoisotopic (exact) mass is 357 g/mol. The van der Waals surface area contributed by atoms with E-state index in [1.807, 2.05) is 50.2 Å². The lowest BCUT2D eigenvalue weighted by atomic mass is 9.97. The second-order valence-corrected chi connectivity index (χ2v) is 6.98. The van der Waals surface area contributed by atoms with E-state index in [2.05, 4.69) is 0 Å². The minimum absolute atomic E-state index is 0.167. The molecular weight excluding hydrogens is 338 g/mol. The second-order valence-electron chi connectivity index (χ2n) is 6.57. The Bertz CT molecular complexity index is 843. The van der Waals surface area contributed by atoms with Gasteiger partial charge in [-0.15, -0.1) is 0 Å². The normalized spacial score (nSPS) is 18.7. The summed E-state index contributed by atoms with van der Waals surface area (Å²) >= 11 is 6.33. The molecule has 0 unspecified atom stereocenters. The summed E-state index contributed by atoms with van der Waals surface area (Å²) in [6.45, 7) is 5.42. The predicted molar refractivity (Wildman–Crippen MR) is 96.8 cm³/mol. The minimum Gasteiger partial charge on any atom is -0.338 e. The van der Waals surface area contributed by atoms with Crippen LogP contribution in [0.4, 0.5) is 5.69 Å². The number of hydrogen-bond donors (Lipinski definition) is 0. The zero-order valence-corrected chi connectivity index (χ0v) is 15.1. The average molecular weight is 358 g/mol. The van der Waals surface area contributed by atoms with Crippen molar-refractivity contribution >= 4 is 23.2 Å². The first kappa shape index (κ1) is 16.6. The fourth-order valence-corrected chi connectivity index (χ4v) is 3.89. The highest BCUT2D eigenvalue weighted by atomic mass is 35.5. The summed E-state index contributed by atoms with van der Waals surface area (Å²) in [6, 6.07) is 11.6. The number of aryl methyl sites for hydroxylation is 2. The van der Waals surface area contributed by atoms with Crippen LogP contribution in [-0.2, 0) is 26.6 Å². The van der Waals surface area contributed by atoms with Crippen molar-refractivity contribution in [3.63, 3.8) is 0 Å². The van der Waals surface area contributed by atoms with Gasteiger partial charge in [-0.2, -0.15) is 0 Å². The van der Waals surface area contributed by atoms with E-state index in [9.17, 15) is 4.79 Å². The van der Waals surface area contributed by atoms with E-state index < -0.39 is 5.79 Å². The first-order valence-electron chi connectivity index (χ1n) is 8.48. The lowest BCUT2D eigenvalue weighted by Crippen LogP contribution is -2.47. The van der Waals surface area contributed by atoms with Crippen LogP contribution in [0.25, 0.3) is 0 Å². The number of ether oxygens (including phenoxy) is 2. The third-order valence-electron chi connectivity index (χ3n) is 4.90. The van der Waals surface area contributed by atoms with Crippen molar-refractivity contribution < 1.29 is 14.3 Å². The van der Waals surface area contributed by atoms with Crippen LogP contribution in [0.1, 0.15) is 28.7 Å². The topological polar surface area (TPSA) is 38.8 Å². The Morgan fingerprint density at radius 2 is 1.76 bits per heavy atom. The fourth-order valence-electron chi connectivity index (χ4n) is 3.69. The van der Waals surface area contributed by atoms with Gasteiger partial charge in [0.25, 0.3) is 11.7 Å². The molecule has 25 heavy (non-hydrogen) atoms. The fraction of sp³-hybridized carbons (Fsp3) is 0.350. The van der Waals surface area contributed by atoms with Crippen molar-refractivity contribution in [1.82, 2.24) is 0 Å². The number of benzene rings is 2. The van der Waals surface area contributed by atoms with Crippen LogP contribution in [0.15, 0.2) is 36.4 Å². The molecule has 0 radical (unpaired) electrons. The van der Waals surface area contributed by atoms with E-state index in [0.717, 1.165) is 34.4 Å². The maximum atomic E-state index is 13.4. The van der Waals surface area contributed by atoms with Crippen molar-refractivity contribution in [2.75, 3.05) is 18.1 Å². The number of amides is 1. The molecule has 0 aromatic heterocycles. The van der Waals surface area contributed by atoms with Gasteiger partial charge in [-0.3, -0.25) is 4.79 Å². The van der Waals surface area contributed by atoms with Crippen molar-refractivity contribution in [3.8, 4) is 0 Å². The molecule has 1 saturated heterocycles. The van der Waals surface area contributed by atoms with Crippen molar-refractivity contribution in [2.24, 2.45) is 0 Å². The molecule has 1 spiro atoms. The molecule has 0 bridgehead atoms. The molecule has 0 N–H and O–H groups in total. The van der Waals surface area contributed by atoms with Gasteiger partial charge in [0.05, 0.1) is 25.4 Å². The van der Waals surface area contributed by atoms with Gasteiger partial charge in [0.1, 0.15) is 0 Å². The largest absolute Gasteiger partial charge is 0.338 e. The van der Waals surface area contributed by atoms with Crippen molar-refractivity contribution in [1.29, 1.82) is 0 Å². The summed E-state index contributed by atoms with van der Waals surface area (Å²) in [7, 11) is 0. The highest BCUT2D eigenvalue weighted by molar-refractivity contribution is 6.31. The molecule has 2 aromatic carbocycles. The van der Waals surface area contributed by atoms with E-state index in [4.69, 9.17) is 21.1 Å². The first-order chi connectivity index (χ1) is 12.0. The molecule has 4 rings (SSSR count). The molecule has 5 heteroatoms. The molecule has 2 aliphatic rings. The maximum absolute atomic E-state index is 13.4. The quantitative estimate of drug-likeness (QED) is 0.812. The summed E-state index contributed by atoms with van der Waals surface area (Å²) < 4.78 is 11.9.